The highest BCUT2D eigenvalue weighted by molar-refractivity contribution is 7.92. The van der Waals surface area contributed by atoms with Crippen molar-refractivity contribution in [2.24, 2.45) is 5.92 Å². The molecule has 0 aromatic heterocycles. The summed E-state index contributed by atoms with van der Waals surface area (Å²) in [5, 5.41) is 0. The minimum absolute atomic E-state index is 0.175. The first-order valence-corrected chi connectivity index (χ1v) is 15.7. The summed E-state index contributed by atoms with van der Waals surface area (Å²) in [7, 11) is -3.29. The normalized spacial score (nSPS) is 25.5. The number of ether oxygens (including phenoxy) is 1. The molecule has 202 valence electrons. The van der Waals surface area contributed by atoms with Crippen LogP contribution in [0.5, 0.6) is 0 Å². The summed E-state index contributed by atoms with van der Waals surface area (Å²) in [6.45, 7) is 8.24. The van der Waals surface area contributed by atoms with E-state index in [0.717, 1.165) is 32.5 Å². The highest BCUT2D eigenvalue weighted by Gasteiger charge is 2.41. The molecule has 8 heteroatoms. The summed E-state index contributed by atoms with van der Waals surface area (Å²) in [4.78, 5) is 17.7. The number of carbonyl (C=O) groups is 1. The van der Waals surface area contributed by atoms with E-state index in [0.29, 0.717) is 29.6 Å². The second-order valence-corrected chi connectivity index (χ2v) is 14.0. The Morgan fingerprint density at radius 3 is 2.36 bits per heavy atom. The van der Waals surface area contributed by atoms with E-state index >= 15 is 0 Å². The van der Waals surface area contributed by atoms with Gasteiger partial charge in [-0.2, -0.15) is 0 Å². The summed E-state index contributed by atoms with van der Waals surface area (Å²) in [5.41, 5.74) is 1.37. The van der Waals surface area contributed by atoms with Gasteiger partial charge < -0.3 is 9.64 Å². The van der Waals surface area contributed by atoms with E-state index in [1.165, 1.54) is 56.8 Å². The fraction of sp³-hybridized carbons (Fsp3) is 0.750. The van der Waals surface area contributed by atoms with Gasteiger partial charge in [0, 0.05) is 37.4 Å². The lowest BCUT2D eigenvalue weighted by Crippen LogP contribution is -2.48. The van der Waals surface area contributed by atoms with Gasteiger partial charge in [-0.1, -0.05) is 31.4 Å². The number of sulfonamides is 1. The van der Waals surface area contributed by atoms with Gasteiger partial charge in [0.15, 0.2) is 0 Å². The first-order chi connectivity index (χ1) is 17.0. The van der Waals surface area contributed by atoms with Gasteiger partial charge in [-0.15, -0.1) is 0 Å². The first kappa shape index (κ1) is 27.2. The number of anilines is 1. The molecule has 36 heavy (non-hydrogen) atoms. The molecular formula is C28H45N3O4S. The first-order valence-electron chi connectivity index (χ1n) is 13.8. The number of hydrogen-bond acceptors (Lipinski definition) is 5. The minimum atomic E-state index is -3.29. The molecule has 0 spiro atoms. The lowest BCUT2D eigenvalue weighted by Gasteiger charge is -2.40. The molecule has 0 unspecified atom stereocenters. The van der Waals surface area contributed by atoms with Crippen LogP contribution in [0, 0.1) is 5.92 Å². The highest BCUT2D eigenvalue weighted by atomic mass is 32.2. The van der Waals surface area contributed by atoms with E-state index in [1.54, 1.807) is 0 Å². The Morgan fingerprint density at radius 2 is 1.75 bits per heavy atom. The van der Waals surface area contributed by atoms with Crippen LogP contribution in [0.4, 0.5) is 10.5 Å². The maximum atomic E-state index is 13.1. The van der Waals surface area contributed by atoms with Crippen molar-refractivity contribution >= 4 is 21.8 Å². The molecule has 1 N–H and O–H groups in total. The van der Waals surface area contributed by atoms with Gasteiger partial charge in [0.1, 0.15) is 5.60 Å². The van der Waals surface area contributed by atoms with Crippen molar-refractivity contribution < 1.29 is 17.9 Å². The molecule has 1 aliphatic carbocycles. The number of fused-ring (bicyclic) bond motifs is 2. The van der Waals surface area contributed by atoms with Crippen LogP contribution in [0.2, 0.25) is 0 Å². The van der Waals surface area contributed by atoms with E-state index in [-0.39, 0.29) is 6.09 Å². The molecular weight excluding hydrogens is 474 g/mol. The molecule has 1 aromatic carbocycles. The zero-order valence-corrected chi connectivity index (χ0v) is 23.4. The second-order valence-electron chi connectivity index (χ2n) is 12.2. The average molecular weight is 520 g/mol. The molecule has 0 radical (unpaired) electrons. The van der Waals surface area contributed by atoms with Crippen LogP contribution in [-0.4, -0.2) is 67.9 Å². The van der Waals surface area contributed by atoms with Gasteiger partial charge in [0.2, 0.25) is 10.0 Å². The van der Waals surface area contributed by atoms with Crippen molar-refractivity contribution in [1.82, 2.24) is 9.80 Å². The number of piperidine rings is 1. The van der Waals surface area contributed by atoms with Gasteiger partial charge in [-0.05, 0) is 88.8 Å². The number of nitrogens with zero attached hydrogens (tertiary/aromatic N) is 2. The molecule has 3 aliphatic rings. The van der Waals surface area contributed by atoms with Crippen LogP contribution in [0.1, 0.15) is 90.0 Å². The number of hydrogen-bond donors (Lipinski definition) is 1. The highest BCUT2D eigenvalue weighted by Crippen LogP contribution is 2.43. The molecule has 1 amide bonds. The van der Waals surface area contributed by atoms with E-state index in [4.69, 9.17) is 4.74 Å². The van der Waals surface area contributed by atoms with Crippen molar-refractivity contribution in [1.29, 1.82) is 0 Å². The maximum Gasteiger partial charge on any atom is 0.410 e. The monoisotopic (exact) mass is 519 g/mol. The van der Waals surface area contributed by atoms with E-state index in [1.807, 2.05) is 43.9 Å². The molecule has 2 aliphatic heterocycles. The molecule has 4 rings (SSSR count). The predicted octanol–water partition coefficient (Wildman–Crippen LogP) is 5.59. The lowest BCUT2D eigenvalue weighted by molar-refractivity contribution is 0.0159. The lowest BCUT2D eigenvalue weighted by atomic mass is 9.85. The zero-order valence-electron chi connectivity index (χ0n) is 22.5. The summed E-state index contributed by atoms with van der Waals surface area (Å²) in [6, 6.07) is 8.90. The SMILES string of the molecule is CC(C)(C)OC(=O)N(CCN1[C@@H]2CC[C@H]1C[C@@H](c1cccc(NS(C)(=O)=O)c1)C2)CC1CCCCC1. The zero-order chi connectivity index (χ0) is 25.9. The Morgan fingerprint density at radius 1 is 1.08 bits per heavy atom. The Labute approximate surface area is 218 Å². The third kappa shape index (κ3) is 7.60. The van der Waals surface area contributed by atoms with E-state index in [9.17, 15) is 13.2 Å². The quantitative estimate of drug-likeness (QED) is 0.485. The summed E-state index contributed by atoms with van der Waals surface area (Å²) in [6.07, 6.45) is 11.8. The Hall–Kier alpha value is -1.80. The Balaban J connectivity index is 1.38. The topological polar surface area (TPSA) is 79.0 Å². The third-order valence-corrected chi connectivity index (χ3v) is 8.64. The number of benzene rings is 1. The fourth-order valence-electron chi connectivity index (χ4n) is 6.48. The molecule has 2 saturated heterocycles. The Bertz CT molecular complexity index is 986. The second kappa shape index (κ2) is 11.3. The van der Waals surface area contributed by atoms with Gasteiger partial charge >= 0.3 is 6.09 Å². The molecule has 1 saturated carbocycles. The van der Waals surface area contributed by atoms with Crippen LogP contribution in [0.3, 0.4) is 0 Å². The van der Waals surface area contributed by atoms with E-state index < -0.39 is 15.6 Å². The average Bonchev–Trinajstić information content (AvgIpc) is 3.02. The molecule has 7 nitrogen and oxygen atoms in total. The largest absolute Gasteiger partial charge is 0.444 e. The summed E-state index contributed by atoms with van der Waals surface area (Å²) >= 11 is 0. The fourth-order valence-corrected chi connectivity index (χ4v) is 7.04. The molecule has 2 heterocycles. The van der Waals surface area contributed by atoms with Gasteiger partial charge in [-0.25, -0.2) is 13.2 Å². The van der Waals surface area contributed by atoms with Gasteiger partial charge in [0.05, 0.1) is 6.26 Å². The number of carbonyl (C=O) groups excluding carboxylic acids is 1. The molecule has 3 fully saturated rings. The standard InChI is InChI=1S/C28H45N3O4S/c1-28(2,3)35-27(32)30(20-21-9-6-5-7-10-21)15-16-31-25-13-14-26(31)19-23(18-25)22-11-8-12-24(17-22)29-36(4,33)34/h8,11-12,17,21,23,25-26,29H,5-7,9-10,13-16,18-20H2,1-4H3/t23-,25+,26-. The van der Waals surface area contributed by atoms with Crippen molar-refractivity contribution in [3.8, 4) is 0 Å². The van der Waals surface area contributed by atoms with Crippen LogP contribution < -0.4 is 4.72 Å². The summed E-state index contributed by atoms with van der Waals surface area (Å²) < 4.78 is 31.7. The van der Waals surface area contributed by atoms with Crippen molar-refractivity contribution in [2.45, 2.75) is 102 Å². The number of nitrogens with one attached hydrogen (secondary N) is 1. The number of amides is 1. The van der Waals surface area contributed by atoms with Crippen LogP contribution in [0.25, 0.3) is 0 Å². The van der Waals surface area contributed by atoms with Crippen LogP contribution in [-0.2, 0) is 14.8 Å². The predicted molar refractivity (Wildman–Crippen MR) is 145 cm³/mol. The number of rotatable bonds is 8. The van der Waals surface area contributed by atoms with Gasteiger partial charge in [-0.3, -0.25) is 9.62 Å². The minimum Gasteiger partial charge on any atom is -0.444 e. The van der Waals surface area contributed by atoms with Gasteiger partial charge in [0.25, 0.3) is 0 Å². The third-order valence-electron chi connectivity index (χ3n) is 8.03. The maximum absolute atomic E-state index is 13.1. The van der Waals surface area contributed by atoms with Crippen LogP contribution in [0.15, 0.2) is 24.3 Å². The van der Waals surface area contributed by atoms with Crippen molar-refractivity contribution in [2.75, 3.05) is 30.6 Å². The Kier molecular flexibility index (Phi) is 8.55. The summed E-state index contributed by atoms with van der Waals surface area (Å²) in [5.74, 6) is 1.02. The molecule has 3 atom stereocenters. The molecule has 2 bridgehead atoms. The van der Waals surface area contributed by atoms with Crippen molar-refractivity contribution in [3.05, 3.63) is 29.8 Å². The van der Waals surface area contributed by atoms with Crippen molar-refractivity contribution in [3.63, 3.8) is 0 Å². The smallest absolute Gasteiger partial charge is 0.410 e. The van der Waals surface area contributed by atoms with E-state index in [2.05, 4.69) is 15.7 Å². The molecule has 1 aromatic rings. The van der Waals surface area contributed by atoms with Crippen LogP contribution >= 0.6 is 0 Å².